The molecule has 0 unspecified atom stereocenters. The van der Waals surface area contributed by atoms with E-state index in [-0.39, 0.29) is 5.54 Å². The van der Waals surface area contributed by atoms with Crippen molar-refractivity contribution in [1.82, 2.24) is 10.0 Å². The molecule has 5 nitrogen and oxygen atoms in total. The summed E-state index contributed by atoms with van der Waals surface area (Å²) in [5, 5.41) is 3.42. The van der Waals surface area contributed by atoms with Crippen molar-refractivity contribution in [3.63, 3.8) is 0 Å². The van der Waals surface area contributed by atoms with Crippen molar-refractivity contribution >= 4 is 15.7 Å². The Morgan fingerprint density at radius 3 is 2.63 bits per heavy atom. The zero-order valence-corrected chi connectivity index (χ0v) is 12.4. The van der Waals surface area contributed by atoms with E-state index in [2.05, 4.69) is 28.8 Å². The number of rotatable bonds is 3. The first-order valence-electron chi connectivity index (χ1n) is 6.38. The number of sulfonamides is 1. The summed E-state index contributed by atoms with van der Waals surface area (Å²) in [6.07, 6.45) is 0. The lowest BCUT2D eigenvalue weighted by Gasteiger charge is -2.41. The monoisotopic (exact) mass is 283 g/mol. The van der Waals surface area contributed by atoms with Crippen LogP contribution in [-0.2, 0) is 10.0 Å². The summed E-state index contributed by atoms with van der Waals surface area (Å²) in [6, 6.07) is 7.14. The third-order valence-electron chi connectivity index (χ3n) is 3.34. The highest BCUT2D eigenvalue weighted by Crippen LogP contribution is 2.27. The van der Waals surface area contributed by atoms with Gasteiger partial charge in [-0.2, -0.15) is 0 Å². The summed E-state index contributed by atoms with van der Waals surface area (Å²) in [5.41, 5.74) is 0.751. The van der Waals surface area contributed by atoms with Crippen molar-refractivity contribution < 1.29 is 8.42 Å². The Kier molecular flexibility index (Phi) is 3.85. The Morgan fingerprint density at radius 2 is 2.00 bits per heavy atom. The van der Waals surface area contributed by atoms with Gasteiger partial charge in [0, 0.05) is 25.2 Å². The number of anilines is 1. The molecule has 1 heterocycles. The number of hydrogen-bond acceptors (Lipinski definition) is 4. The van der Waals surface area contributed by atoms with Crippen LogP contribution in [0.15, 0.2) is 29.2 Å². The minimum atomic E-state index is -3.43. The topological polar surface area (TPSA) is 61.4 Å². The van der Waals surface area contributed by atoms with Gasteiger partial charge in [-0.05, 0) is 33.0 Å². The first-order valence-corrected chi connectivity index (χ1v) is 7.87. The molecule has 2 rings (SSSR count). The molecule has 0 aliphatic carbocycles. The Morgan fingerprint density at radius 1 is 1.32 bits per heavy atom. The molecule has 1 aliphatic rings. The fourth-order valence-corrected chi connectivity index (χ4v) is 3.35. The van der Waals surface area contributed by atoms with E-state index in [1.165, 1.54) is 7.05 Å². The van der Waals surface area contributed by atoms with Gasteiger partial charge in [0.15, 0.2) is 0 Å². The van der Waals surface area contributed by atoms with Crippen molar-refractivity contribution in [3.8, 4) is 0 Å². The van der Waals surface area contributed by atoms with Gasteiger partial charge in [-0.15, -0.1) is 0 Å². The van der Waals surface area contributed by atoms with E-state index < -0.39 is 10.0 Å². The molecular weight excluding hydrogens is 262 g/mol. The van der Waals surface area contributed by atoms with Gasteiger partial charge in [-0.25, -0.2) is 13.1 Å². The van der Waals surface area contributed by atoms with Crippen molar-refractivity contribution in [3.05, 3.63) is 24.3 Å². The van der Waals surface area contributed by atoms with E-state index in [4.69, 9.17) is 0 Å². The SMILES string of the molecule is CNS(=O)(=O)c1ccccc1N1CCNC(C)(C)C1. The maximum absolute atomic E-state index is 12.1. The first-order chi connectivity index (χ1) is 8.86. The molecule has 1 fully saturated rings. The Labute approximate surface area is 115 Å². The minimum absolute atomic E-state index is 0.0191. The van der Waals surface area contributed by atoms with Crippen LogP contribution in [0.25, 0.3) is 0 Å². The van der Waals surface area contributed by atoms with E-state index in [1.807, 2.05) is 12.1 Å². The van der Waals surface area contributed by atoms with Crippen molar-refractivity contribution in [1.29, 1.82) is 0 Å². The lowest BCUT2D eigenvalue weighted by molar-refractivity contribution is 0.352. The van der Waals surface area contributed by atoms with Gasteiger partial charge in [0.2, 0.25) is 10.0 Å². The van der Waals surface area contributed by atoms with E-state index in [9.17, 15) is 8.42 Å². The van der Waals surface area contributed by atoms with Gasteiger partial charge >= 0.3 is 0 Å². The van der Waals surface area contributed by atoms with Gasteiger partial charge in [-0.3, -0.25) is 0 Å². The number of para-hydroxylation sites is 1. The first kappa shape index (κ1) is 14.3. The molecule has 1 aliphatic heterocycles. The summed E-state index contributed by atoms with van der Waals surface area (Å²) in [5.74, 6) is 0. The molecule has 0 saturated carbocycles. The van der Waals surface area contributed by atoms with Gasteiger partial charge in [0.05, 0.1) is 5.69 Å². The quantitative estimate of drug-likeness (QED) is 0.861. The molecule has 0 bridgehead atoms. The van der Waals surface area contributed by atoms with Crippen LogP contribution in [0.4, 0.5) is 5.69 Å². The van der Waals surface area contributed by atoms with Crippen LogP contribution in [0.5, 0.6) is 0 Å². The summed E-state index contributed by atoms with van der Waals surface area (Å²) in [4.78, 5) is 2.47. The second kappa shape index (κ2) is 5.11. The second-order valence-electron chi connectivity index (χ2n) is 5.41. The largest absolute Gasteiger partial charge is 0.367 e. The van der Waals surface area contributed by atoms with E-state index in [1.54, 1.807) is 12.1 Å². The molecule has 0 atom stereocenters. The predicted molar refractivity (Wildman–Crippen MR) is 77.0 cm³/mol. The van der Waals surface area contributed by atoms with Crippen molar-refractivity contribution in [2.75, 3.05) is 31.6 Å². The molecular formula is C13H21N3O2S. The van der Waals surface area contributed by atoms with Crippen LogP contribution in [0.1, 0.15) is 13.8 Å². The fraction of sp³-hybridized carbons (Fsp3) is 0.538. The van der Waals surface area contributed by atoms with E-state index in [0.717, 1.165) is 25.3 Å². The molecule has 0 spiro atoms. The highest BCUT2D eigenvalue weighted by Gasteiger charge is 2.28. The molecule has 0 amide bonds. The Hall–Kier alpha value is -1.11. The molecule has 6 heteroatoms. The van der Waals surface area contributed by atoms with Gasteiger partial charge in [-0.1, -0.05) is 12.1 Å². The maximum Gasteiger partial charge on any atom is 0.242 e. The van der Waals surface area contributed by atoms with Crippen LogP contribution >= 0.6 is 0 Å². The maximum atomic E-state index is 12.1. The molecule has 2 N–H and O–H groups in total. The highest BCUT2D eigenvalue weighted by atomic mass is 32.2. The fourth-order valence-electron chi connectivity index (χ4n) is 2.40. The Balaban J connectivity index is 2.41. The normalized spacial score (nSPS) is 19.4. The van der Waals surface area contributed by atoms with Gasteiger partial charge in [0.25, 0.3) is 0 Å². The second-order valence-corrected chi connectivity index (χ2v) is 7.26. The number of piperazine rings is 1. The predicted octanol–water partition coefficient (Wildman–Crippen LogP) is 0.783. The molecule has 106 valence electrons. The average Bonchev–Trinajstić information content (AvgIpc) is 2.37. The molecule has 0 radical (unpaired) electrons. The van der Waals surface area contributed by atoms with Gasteiger partial charge in [0.1, 0.15) is 4.90 Å². The van der Waals surface area contributed by atoms with Crippen LogP contribution in [0.2, 0.25) is 0 Å². The molecule has 1 aromatic rings. The minimum Gasteiger partial charge on any atom is -0.367 e. The number of nitrogens with one attached hydrogen (secondary N) is 2. The van der Waals surface area contributed by atoms with E-state index >= 15 is 0 Å². The summed E-state index contributed by atoms with van der Waals surface area (Å²) in [6.45, 7) is 6.67. The summed E-state index contributed by atoms with van der Waals surface area (Å²) in [7, 11) is -1.99. The average molecular weight is 283 g/mol. The number of benzene rings is 1. The van der Waals surface area contributed by atoms with Crippen molar-refractivity contribution in [2.24, 2.45) is 0 Å². The molecule has 1 aromatic carbocycles. The number of hydrogen-bond donors (Lipinski definition) is 2. The lowest BCUT2D eigenvalue weighted by atomic mass is 10.0. The smallest absolute Gasteiger partial charge is 0.242 e. The zero-order chi connectivity index (χ0) is 14.1. The van der Waals surface area contributed by atoms with Crippen LogP contribution in [0, 0.1) is 0 Å². The summed E-state index contributed by atoms with van der Waals surface area (Å²) < 4.78 is 26.5. The van der Waals surface area contributed by atoms with Crippen LogP contribution < -0.4 is 14.9 Å². The highest BCUT2D eigenvalue weighted by molar-refractivity contribution is 7.89. The third-order valence-corrected chi connectivity index (χ3v) is 4.80. The zero-order valence-electron chi connectivity index (χ0n) is 11.6. The lowest BCUT2D eigenvalue weighted by Crippen LogP contribution is -2.57. The van der Waals surface area contributed by atoms with Crippen molar-refractivity contribution in [2.45, 2.75) is 24.3 Å². The summed E-state index contributed by atoms with van der Waals surface area (Å²) >= 11 is 0. The Bertz CT molecular complexity index is 555. The third kappa shape index (κ3) is 3.08. The molecule has 19 heavy (non-hydrogen) atoms. The standard InChI is InChI=1S/C13H21N3O2S/c1-13(2)10-16(9-8-15-13)11-6-4-5-7-12(11)19(17,18)14-3/h4-7,14-15H,8-10H2,1-3H3. The molecule has 1 saturated heterocycles. The molecule has 0 aromatic heterocycles. The van der Waals surface area contributed by atoms with Crippen LogP contribution in [0.3, 0.4) is 0 Å². The van der Waals surface area contributed by atoms with Gasteiger partial charge < -0.3 is 10.2 Å². The number of nitrogens with zero attached hydrogens (tertiary/aromatic N) is 1. The van der Waals surface area contributed by atoms with E-state index in [0.29, 0.717) is 4.90 Å². The van der Waals surface area contributed by atoms with Crippen LogP contribution in [-0.4, -0.2) is 40.6 Å².